The first-order chi connectivity index (χ1) is 9.43. The average molecular weight is 293 g/mol. The van der Waals surface area contributed by atoms with Gasteiger partial charge < -0.3 is 10.2 Å². The third kappa shape index (κ3) is 2.74. The van der Waals surface area contributed by atoms with Gasteiger partial charge in [0.2, 0.25) is 0 Å². The normalized spacial score (nSPS) is 23.2. The summed E-state index contributed by atoms with van der Waals surface area (Å²) in [6.45, 7) is 2.04. The number of aryl methyl sites for hydroxylation is 1. The molecule has 2 N–H and O–H groups in total. The first kappa shape index (κ1) is 13.6. The molecule has 0 radical (unpaired) electrons. The molecular weight excluding hydrogens is 274 g/mol. The third-order valence-corrected chi connectivity index (χ3v) is 5.81. The van der Waals surface area contributed by atoms with Gasteiger partial charge in [0.05, 0.1) is 17.5 Å². The number of hydrogen-bond donors (Lipinski definition) is 1. The summed E-state index contributed by atoms with van der Waals surface area (Å²) in [5.74, 6) is 1.46. The highest BCUT2D eigenvalue weighted by molar-refractivity contribution is 7.91. The van der Waals surface area contributed by atoms with Crippen molar-refractivity contribution in [2.75, 3.05) is 11.5 Å². The quantitative estimate of drug-likeness (QED) is 0.944. The number of sulfone groups is 1. The number of hydrogen-bond acceptors (Lipinski definition) is 4. The molecule has 0 amide bonds. The Morgan fingerprint density at radius 2 is 2.20 bits per heavy atom. The van der Waals surface area contributed by atoms with Gasteiger partial charge in [0, 0.05) is 5.39 Å². The average Bonchev–Trinajstić information content (AvgIpc) is 2.92. The Labute approximate surface area is 118 Å². The van der Waals surface area contributed by atoms with E-state index >= 15 is 0 Å². The summed E-state index contributed by atoms with van der Waals surface area (Å²) in [7, 11) is -2.84. The van der Waals surface area contributed by atoms with Crippen LogP contribution in [0.5, 0.6) is 0 Å². The lowest BCUT2D eigenvalue weighted by Gasteiger charge is -2.12. The van der Waals surface area contributed by atoms with Gasteiger partial charge in [-0.05, 0) is 43.9 Å². The molecule has 1 aromatic heterocycles. The van der Waals surface area contributed by atoms with Crippen molar-refractivity contribution in [3.8, 4) is 0 Å². The van der Waals surface area contributed by atoms with Crippen LogP contribution in [0.25, 0.3) is 11.0 Å². The van der Waals surface area contributed by atoms with E-state index in [1.165, 1.54) is 5.56 Å². The topological polar surface area (TPSA) is 73.3 Å². The van der Waals surface area contributed by atoms with Crippen molar-refractivity contribution in [3.63, 3.8) is 0 Å². The van der Waals surface area contributed by atoms with Gasteiger partial charge in [-0.15, -0.1) is 0 Å². The van der Waals surface area contributed by atoms with E-state index in [4.69, 9.17) is 10.2 Å². The fourth-order valence-corrected chi connectivity index (χ4v) is 4.78. The van der Waals surface area contributed by atoms with Crippen molar-refractivity contribution in [3.05, 3.63) is 35.6 Å². The number of rotatable bonds is 3. The largest absolute Gasteiger partial charge is 0.459 e. The van der Waals surface area contributed by atoms with Gasteiger partial charge in [-0.25, -0.2) is 8.42 Å². The monoisotopic (exact) mass is 293 g/mol. The summed E-state index contributed by atoms with van der Waals surface area (Å²) < 4.78 is 28.7. The van der Waals surface area contributed by atoms with E-state index in [9.17, 15) is 8.42 Å². The lowest BCUT2D eigenvalue weighted by atomic mass is 9.98. The summed E-state index contributed by atoms with van der Waals surface area (Å²) >= 11 is 0. The molecule has 1 aliphatic rings. The molecule has 0 spiro atoms. The molecule has 2 atom stereocenters. The smallest absolute Gasteiger partial charge is 0.150 e. The van der Waals surface area contributed by atoms with Gasteiger partial charge in [-0.3, -0.25) is 0 Å². The highest BCUT2D eigenvalue weighted by atomic mass is 32.2. The van der Waals surface area contributed by atoms with E-state index in [0.717, 1.165) is 23.2 Å². The maximum Gasteiger partial charge on any atom is 0.150 e. The van der Waals surface area contributed by atoms with Crippen LogP contribution in [0.2, 0.25) is 0 Å². The molecule has 1 aromatic carbocycles. The lowest BCUT2D eigenvalue weighted by molar-refractivity contribution is 0.419. The minimum absolute atomic E-state index is 0.157. The lowest BCUT2D eigenvalue weighted by Crippen LogP contribution is -2.15. The fraction of sp³-hybridized carbons (Fsp3) is 0.467. The van der Waals surface area contributed by atoms with Crippen molar-refractivity contribution < 1.29 is 12.8 Å². The molecular formula is C15H19NO3S. The second-order valence-electron chi connectivity index (χ2n) is 5.80. The molecule has 4 nitrogen and oxygen atoms in total. The van der Waals surface area contributed by atoms with Crippen LogP contribution in [0.15, 0.2) is 28.7 Å². The van der Waals surface area contributed by atoms with Crippen molar-refractivity contribution >= 4 is 20.8 Å². The number of fused-ring (bicyclic) bond motifs is 1. The van der Waals surface area contributed by atoms with Crippen molar-refractivity contribution in [1.29, 1.82) is 0 Å². The molecule has 5 heteroatoms. The van der Waals surface area contributed by atoms with Crippen LogP contribution in [0, 0.1) is 12.8 Å². The highest BCUT2D eigenvalue weighted by Gasteiger charge is 2.30. The maximum atomic E-state index is 11.5. The van der Waals surface area contributed by atoms with Crippen LogP contribution in [-0.4, -0.2) is 19.9 Å². The molecule has 20 heavy (non-hydrogen) atoms. The minimum Gasteiger partial charge on any atom is -0.459 e. The van der Waals surface area contributed by atoms with Gasteiger partial charge >= 0.3 is 0 Å². The summed E-state index contributed by atoms with van der Waals surface area (Å²) in [5.41, 5.74) is 8.19. The Balaban J connectivity index is 1.77. The van der Waals surface area contributed by atoms with Crippen LogP contribution < -0.4 is 5.73 Å². The second-order valence-corrected chi connectivity index (χ2v) is 8.03. The molecule has 0 aliphatic carbocycles. The van der Waals surface area contributed by atoms with Gasteiger partial charge in [-0.2, -0.15) is 0 Å². The Hall–Kier alpha value is -1.33. The first-order valence-corrected chi connectivity index (χ1v) is 8.71. The molecule has 1 aliphatic heterocycles. The van der Waals surface area contributed by atoms with E-state index < -0.39 is 9.84 Å². The Bertz CT molecular complexity index is 733. The predicted octanol–water partition coefficient (Wildman–Crippen LogP) is 2.57. The SMILES string of the molecule is Cc1ccc2oc(C(N)CC3CCS(=O)(=O)C3)cc2c1. The number of benzene rings is 1. The zero-order chi connectivity index (χ0) is 14.3. The van der Waals surface area contributed by atoms with E-state index in [0.29, 0.717) is 12.2 Å². The van der Waals surface area contributed by atoms with Gasteiger partial charge in [-0.1, -0.05) is 11.6 Å². The molecule has 1 fully saturated rings. The fourth-order valence-electron chi connectivity index (χ4n) is 2.90. The summed E-state index contributed by atoms with van der Waals surface area (Å²) in [5, 5.41) is 1.05. The Kier molecular flexibility index (Phi) is 3.34. The molecule has 3 rings (SSSR count). The van der Waals surface area contributed by atoms with Crippen LogP contribution >= 0.6 is 0 Å². The minimum atomic E-state index is -2.84. The highest BCUT2D eigenvalue weighted by Crippen LogP contribution is 2.30. The molecule has 2 aromatic rings. The first-order valence-electron chi connectivity index (χ1n) is 6.89. The van der Waals surface area contributed by atoms with E-state index in [2.05, 4.69) is 6.07 Å². The summed E-state index contributed by atoms with van der Waals surface area (Å²) in [4.78, 5) is 0. The third-order valence-electron chi connectivity index (χ3n) is 3.97. The van der Waals surface area contributed by atoms with Crippen molar-refractivity contribution in [2.24, 2.45) is 11.7 Å². The zero-order valence-electron chi connectivity index (χ0n) is 11.5. The Morgan fingerprint density at radius 1 is 1.40 bits per heavy atom. The summed E-state index contributed by atoms with van der Waals surface area (Å²) in [6, 6.07) is 7.75. The van der Waals surface area contributed by atoms with Gasteiger partial charge in [0.1, 0.15) is 11.3 Å². The number of nitrogens with two attached hydrogens (primary N) is 1. The molecule has 0 saturated carbocycles. The second kappa shape index (κ2) is 4.90. The number of furan rings is 1. The van der Waals surface area contributed by atoms with E-state index in [1.807, 2.05) is 25.1 Å². The van der Waals surface area contributed by atoms with Crippen LogP contribution in [0.4, 0.5) is 0 Å². The van der Waals surface area contributed by atoms with Crippen LogP contribution in [0.1, 0.15) is 30.2 Å². The molecule has 1 saturated heterocycles. The molecule has 2 heterocycles. The zero-order valence-corrected chi connectivity index (χ0v) is 12.3. The molecule has 108 valence electrons. The van der Waals surface area contributed by atoms with E-state index in [-0.39, 0.29) is 17.7 Å². The Morgan fingerprint density at radius 3 is 2.90 bits per heavy atom. The van der Waals surface area contributed by atoms with Crippen molar-refractivity contribution in [2.45, 2.75) is 25.8 Å². The van der Waals surface area contributed by atoms with Gasteiger partial charge in [0.25, 0.3) is 0 Å². The van der Waals surface area contributed by atoms with E-state index in [1.54, 1.807) is 0 Å². The maximum absolute atomic E-state index is 11.5. The van der Waals surface area contributed by atoms with Crippen molar-refractivity contribution in [1.82, 2.24) is 0 Å². The molecule has 2 unspecified atom stereocenters. The van der Waals surface area contributed by atoms with Gasteiger partial charge in [0.15, 0.2) is 9.84 Å². The van der Waals surface area contributed by atoms with Crippen LogP contribution in [-0.2, 0) is 9.84 Å². The summed E-state index contributed by atoms with van der Waals surface area (Å²) in [6.07, 6.45) is 1.38. The van der Waals surface area contributed by atoms with Crippen LogP contribution in [0.3, 0.4) is 0 Å². The molecule has 0 bridgehead atoms. The standard InChI is InChI=1S/C15H19NO3S/c1-10-2-3-14-12(6-10)8-15(19-14)13(16)7-11-4-5-20(17,18)9-11/h2-3,6,8,11,13H,4-5,7,9,16H2,1H3. The predicted molar refractivity (Wildman–Crippen MR) is 79.3 cm³/mol.